The van der Waals surface area contributed by atoms with Gasteiger partial charge in [-0.05, 0) is 12.1 Å². The van der Waals surface area contributed by atoms with Gasteiger partial charge in [-0.1, -0.05) is 12.1 Å². The molecule has 142 valence electrons. The number of hydrogen-bond acceptors (Lipinski definition) is 7. The Hall–Kier alpha value is -3.11. The number of nitrogens with one attached hydrogen (secondary N) is 2. The number of hydrogen-bond donors (Lipinski definition) is 3. The summed E-state index contributed by atoms with van der Waals surface area (Å²) in [5, 5.41) is 19.8. The summed E-state index contributed by atoms with van der Waals surface area (Å²) < 4.78 is 6.63. The summed E-state index contributed by atoms with van der Waals surface area (Å²) in [6.07, 6.45) is 3.42. The third kappa shape index (κ3) is 4.54. The first kappa shape index (κ1) is 18.7. The molecule has 0 aliphatic carbocycles. The van der Waals surface area contributed by atoms with Crippen LogP contribution in [0.15, 0.2) is 24.5 Å². The van der Waals surface area contributed by atoms with Crippen LogP contribution in [0.2, 0.25) is 0 Å². The van der Waals surface area contributed by atoms with Crippen LogP contribution in [0.4, 0.5) is 5.69 Å². The molecule has 0 aliphatic heterocycles. The van der Waals surface area contributed by atoms with Crippen molar-refractivity contribution in [3.8, 4) is 0 Å². The molecule has 0 aromatic carbocycles. The lowest BCUT2D eigenvalue weighted by Gasteiger charge is -2.02. The molecule has 3 heterocycles. The smallest absolute Gasteiger partial charge is 0.277 e. The van der Waals surface area contributed by atoms with E-state index >= 15 is 0 Å². The van der Waals surface area contributed by atoms with E-state index in [1.54, 1.807) is 19.1 Å². The highest BCUT2D eigenvalue weighted by molar-refractivity contribution is 6.04. The zero-order valence-electron chi connectivity index (χ0n) is 14.8. The lowest BCUT2D eigenvalue weighted by atomic mass is 10.2. The quantitative estimate of drug-likeness (QED) is 0.377. The van der Waals surface area contributed by atoms with Crippen LogP contribution < -0.4 is 5.32 Å². The molecule has 0 spiro atoms. The highest BCUT2D eigenvalue weighted by atomic mass is 16.5. The number of pyridine rings is 1. The van der Waals surface area contributed by atoms with Crippen LogP contribution in [-0.4, -0.2) is 61.6 Å². The van der Waals surface area contributed by atoms with Crippen molar-refractivity contribution in [2.24, 2.45) is 0 Å². The summed E-state index contributed by atoms with van der Waals surface area (Å²) in [7, 11) is 0. The average Bonchev–Trinajstić information content (AvgIpc) is 3.31. The van der Waals surface area contributed by atoms with Gasteiger partial charge in [0.2, 0.25) is 0 Å². The van der Waals surface area contributed by atoms with Crippen molar-refractivity contribution >= 4 is 28.4 Å². The van der Waals surface area contributed by atoms with Crippen LogP contribution in [0.3, 0.4) is 0 Å². The molecule has 0 fully saturated rings. The number of fused-ring (bicyclic) bond motifs is 1. The molecule has 10 nitrogen and oxygen atoms in total. The van der Waals surface area contributed by atoms with E-state index in [-0.39, 0.29) is 24.7 Å². The number of amides is 1. The van der Waals surface area contributed by atoms with E-state index in [0.29, 0.717) is 36.6 Å². The number of aliphatic hydroxyl groups excluding tert-OH is 1. The molecule has 27 heavy (non-hydrogen) atoms. The summed E-state index contributed by atoms with van der Waals surface area (Å²) in [6, 6.07) is 3.45. The molecule has 0 unspecified atom stereocenters. The van der Waals surface area contributed by atoms with Crippen molar-refractivity contribution < 1.29 is 19.4 Å². The summed E-state index contributed by atoms with van der Waals surface area (Å²) in [4.78, 5) is 31.3. The number of carbonyl (C=O) groups is 2. The second-order valence-electron chi connectivity index (χ2n) is 5.78. The summed E-state index contributed by atoms with van der Waals surface area (Å²) >= 11 is 0. The minimum Gasteiger partial charge on any atom is -0.394 e. The fraction of sp³-hybridized carbons (Fsp3) is 0.353. The van der Waals surface area contributed by atoms with E-state index in [1.807, 2.05) is 0 Å². The molecular weight excluding hydrogens is 352 g/mol. The lowest BCUT2D eigenvalue weighted by Crippen LogP contribution is -2.12. The predicted molar refractivity (Wildman–Crippen MR) is 96.6 cm³/mol. The largest absolute Gasteiger partial charge is 0.394 e. The molecule has 0 saturated carbocycles. The van der Waals surface area contributed by atoms with Gasteiger partial charge in [-0.25, -0.2) is 9.67 Å². The average molecular weight is 372 g/mol. The Balaban J connectivity index is 1.65. The van der Waals surface area contributed by atoms with Crippen LogP contribution in [0.5, 0.6) is 0 Å². The van der Waals surface area contributed by atoms with Crippen molar-refractivity contribution in [2.75, 3.05) is 25.1 Å². The topological polar surface area (TPSA) is 135 Å². The van der Waals surface area contributed by atoms with Gasteiger partial charge in [-0.3, -0.25) is 9.59 Å². The van der Waals surface area contributed by atoms with E-state index in [9.17, 15) is 9.59 Å². The van der Waals surface area contributed by atoms with Crippen molar-refractivity contribution in [3.63, 3.8) is 0 Å². The number of H-pyrrole nitrogens is 1. The molecule has 0 bridgehead atoms. The Bertz CT molecular complexity index is 948. The first-order valence-corrected chi connectivity index (χ1v) is 8.52. The van der Waals surface area contributed by atoms with Gasteiger partial charge < -0.3 is 20.1 Å². The Labute approximate surface area is 154 Å². The molecule has 0 aliphatic rings. The Kier molecular flexibility index (Phi) is 5.89. The minimum absolute atomic E-state index is 0.00170. The number of carbonyl (C=O) groups excluding carboxylic acids is 2. The number of aromatic nitrogens is 5. The summed E-state index contributed by atoms with van der Waals surface area (Å²) in [5.41, 5.74) is 1.73. The summed E-state index contributed by atoms with van der Waals surface area (Å²) in [5.74, 6) is -0.419. The molecule has 3 rings (SSSR count). The Morgan fingerprint density at radius 3 is 2.96 bits per heavy atom. The lowest BCUT2D eigenvalue weighted by molar-refractivity contribution is 0.0851. The first-order chi connectivity index (χ1) is 13.1. The molecule has 0 atom stereocenters. The number of rotatable bonds is 9. The number of ketones is 1. The third-order valence-corrected chi connectivity index (χ3v) is 3.82. The maximum atomic E-state index is 12.3. The third-order valence-electron chi connectivity index (χ3n) is 3.82. The van der Waals surface area contributed by atoms with Gasteiger partial charge in [-0.15, -0.1) is 5.10 Å². The highest BCUT2D eigenvalue weighted by Crippen LogP contribution is 2.19. The molecule has 3 aromatic heterocycles. The zero-order chi connectivity index (χ0) is 19.2. The fourth-order valence-corrected chi connectivity index (χ4v) is 2.46. The second-order valence-corrected chi connectivity index (χ2v) is 5.78. The number of aromatic amines is 1. The monoisotopic (exact) mass is 372 g/mol. The van der Waals surface area contributed by atoms with Gasteiger partial charge in [0.1, 0.15) is 5.65 Å². The number of Topliss-reactive ketones (excluding diaryl/α,β-unsaturated/α-hetero) is 1. The normalized spacial score (nSPS) is 11.0. The highest BCUT2D eigenvalue weighted by Gasteiger charge is 2.13. The van der Waals surface area contributed by atoms with Gasteiger partial charge in [0, 0.05) is 11.8 Å². The van der Waals surface area contributed by atoms with Crippen LogP contribution in [-0.2, 0) is 11.3 Å². The SMILES string of the molecule is CCC(=O)c1cc2cc(NC(=O)c3cn(CCOCCO)nn3)cnc2[nH]1. The molecule has 3 N–H and O–H groups in total. The fourth-order valence-electron chi connectivity index (χ4n) is 2.46. The summed E-state index contributed by atoms with van der Waals surface area (Å²) in [6.45, 7) is 2.78. The number of aliphatic hydroxyl groups is 1. The van der Waals surface area contributed by atoms with E-state index in [0.717, 1.165) is 5.39 Å². The zero-order valence-corrected chi connectivity index (χ0v) is 14.8. The van der Waals surface area contributed by atoms with Crippen LogP contribution in [0.1, 0.15) is 34.3 Å². The standard InChI is InChI=1S/C17H20N6O4/c1-2-15(25)13-8-11-7-12(9-18-16(11)20-13)19-17(26)14-10-23(22-21-14)3-5-27-6-4-24/h7-10,24H,2-6H2,1H3,(H,18,20)(H,19,26). The Morgan fingerprint density at radius 1 is 1.33 bits per heavy atom. The van der Waals surface area contributed by atoms with Crippen molar-refractivity contribution in [3.05, 3.63) is 35.9 Å². The van der Waals surface area contributed by atoms with E-state index in [1.165, 1.54) is 17.1 Å². The van der Waals surface area contributed by atoms with Crippen molar-refractivity contribution in [1.29, 1.82) is 0 Å². The molecule has 3 aromatic rings. The molecule has 0 saturated heterocycles. The maximum Gasteiger partial charge on any atom is 0.277 e. The van der Waals surface area contributed by atoms with Crippen LogP contribution >= 0.6 is 0 Å². The molecule has 1 amide bonds. The number of nitrogens with zero attached hydrogens (tertiary/aromatic N) is 4. The van der Waals surface area contributed by atoms with Gasteiger partial charge in [-0.2, -0.15) is 0 Å². The molecule has 10 heteroatoms. The van der Waals surface area contributed by atoms with Crippen LogP contribution in [0, 0.1) is 0 Å². The first-order valence-electron chi connectivity index (χ1n) is 8.52. The van der Waals surface area contributed by atoms with Gasteiger partial charge in [0.25, 0.3) is 5.91 Å². The van der Waals surface area contributed by atoms with E-state index in [4.69, 9.17) is 9.84 Å². The van der Waals surface area contributed by atoms with Gasteiger partial charge in [0.05, 0.1) is 50.1 Å². The van der Waals surface area contributed by atoms with E-state index < -0.39 is 5.91 Å². The minimum atomic E-state index is -0.418. The van der Waals surface area contributed by atoms with Gasteiger partial charge >= 0.3 is 0 Å². The predicted octanol–water partition coefficient (Wildman–Crippen LogP) is 1.01. The molecular formula is C17H20N6O4. The van der Waals surface area contributed by atoms with Crippen LogP contribution in [0.25, 0.3) is 11.0 Å². The Morgan fingerprint density at radius 2 is 2.19 bits per heavy atom. The van der Waals surface area contributed by atoms with E-state index in [2.05, 4.69) is 25.6 Å². The van der Waals surface area contributed by atoms with Crippen molar-refractivity contribution in [1.82, 2.24) is 25.0 Å². The van der Waals surface area contributed by atoms with Crippen molar-refractivity contribution in [2.45, 2.75) is 19.9 Å². The number of anilines is 1. The maximum absolute atomic E-state index is 12.3. The second kappa shape index (κ2) is 8.52. The number of ether oxygens (including phenoxy) is 1. The van der Waals surface area contributed by atoms with Gasteiger partial charge in [0.15, 0.2) is 11.5 Å². The molecule has 0 radical (unpaired) electrons.